The molecule has 2 heterocycles. The highest BCUT2D eigenvalue weighted by Crippen LogP contribution is 2.45. The molecule has 51 heavy (non-hydrogen) atoms. The van der Waals surface area contributed by atoms with Crippen LogP contribution >= 0.6 is 11.8 Å². The van der Waals surface area contributed by atoms with Crippen LogP contribution in [0.25, 0.3) is 17.0 Å². The van der Waals surface area contributed by atoms with Gasteiger partial charge in [0.25, 0.3) is 0 Å². The topological polar surface area (TPSA) is 112 Å². The van der Waals surface area contributed by atoms with Gasteiger partial charge >= 0.3 is 0 Å². The molecule has 280 valence electrons. The molecule has 4 rings (SSSR count). The Hall–Kier alpha value is -2.88. The molecule has 0 aliphatic carbocycles. The number of benzene rings is 2. The first-order chi connectivity index (χ1) is 25.3. The summed E-state index contributed by atoms with van der Waals surface area (Å²) in [5.74, 6) is 0. The Kier molecular flexibility index (Phi) is 20.8. The fraction of sp³-hybridized carbons (Fsp3) is 0.513. The molecule has 1 aliphatic rings. The second-order valence-electron chi connectivity index (χ2n) is 11.5. The molecular formula is C39H55N2O9S+. The zero-order valence-corrected chi connectivity index (χ0v) is 30.5. The van der Waals surface area contributed by atoms with Crippen molar-refractivity contribution in [3.8, 4) is 0 Å². The van der Waals surface area contributed by atoms with Crippen LogP contribution in [-0.2, 0) is 39.7 Å². The molecule has 2 N–H and O–H groups in total. The number of nitrogens with zero attached hydrogens (tertiary/aromatic N) is 2. The summed E-state index contributed by atoms with van der Waals surface area (Å²) in [4.78, 5) is 3.64. The third-order valence-electron chi connectivity index (χ3n) is 7.80. The van der Waals surface area contributed by atoms with Gasteiger partial charge in [-0.2, -0.15) is 4.57 Å². The normalized spacial score (nSPS) is 13.7. The van der Waals surface area contributed by atoms with Gasteiger partial charge in [-0.3, -0.25) is 0 Å². The minimum Gasteiger partial charge on any atom is -0.394 e. The van der Waals surface area contributed by atoms with Crippen molar-refractivity contribution in [3.05, 3.63) is 83.5 Å². The van der Waals surface area contributed by atoms with Gasteiger partial charge in [-0.25, -0.2) is 0 Å². The Morgan fingerprint density at radius 2 is 1.16 bits per heavy atom. The minimum absolute atomic E-state index is 0.0272. The maximum Gasteiger partial charge on any atom is 0.213 e. The van der Waals surface area contributed by atoms with E-state index in [2.05, 4.69) is 88.5 Å². The Morgan fingerprint density at radius 1 is 0.608 bits per heavy atom. The fourth-order valence-electron chi connectivity index (χ4n) is 5.39. The Balaban J connectivity index is 1.20. The molecule has 0 radical (unpaired) electrons. The van der Waals surface area contributed by atoms with E-state index in [9.17, 15) is 0 Å². The number of rotatable bonds is 29. The maximum atomic E-state index is 8.72. The fourth-order valence-corrected chi connectivity index (χ4v) is 6.49. The molecule has 0 saturated heterocycles. The van der Waals surface area contributed by atoms with Crippen molar-refractivity contribution in [1.82, 2.24) is 0 Å². The van der Waals surface area contributed by atoms with Crippen LogP contribution in [0.5, 0.6) is 0 Å². The SMILES string of the molecule is OCCOCCOCCOCCC[n+]1ccc(/C=C/C=C2/Sc3ccccc3N2CCCOCCOCCOCCOCCO)c2ccccc21. The highest BCUT2D eigenvalue weighted by atomic mass is 32.2. The zero-order valence-electron chi connectivity index (χ0n) is 29.7. The number of aromatic nitrogens is 1. The molecule has 12 heteroatoms. The first-order valence-corrected chi connectivity index (χ1v) is 18.7. The predicted octanol–water partition coefficient (Wildman–Crippen LogP) is 4.48. The minimum atomic E-state index is 0.0272. The second-order valence-corrected chi connectivity index (χ2v) is 12.6. The third-order valence-corrected chi connectivity index (χ3v) is 8.93. The Bertz CT molecular complexity index is 1440. The summed E-state index contributed by atoms with van der Waals surface area (Å²) in [5.41, 5.74) is 3.61. The maximum absolute atomic E-state index is 8.72. The van der Waals surface area contributed by atoms with Gasteiger partial charge in [-0.15, -0.1) is 0 Å². The van der Waals surface area contributed by atoms with Crippen LogP contribution in [0.15, 0.2) is 82.9 Å². The molecule has 0 saturated carbocycles. The summed E-state index contributed by atoms with van der Waals surface area (Å²) in [7, 11) is 0. The first kappa shape index (κ1) is 40.9. The summed E-state index contributed by atoms with van der Waals surface area (Å²) < 4.78 is 40.7. The van der Waals surface area contributed by atoms with Gasteiger partial charge in [0.15, 0.2) is 12.7 Å². The summed E-state index contributed by atoms with van der Waals surface area (Å²) in [6.07, 6.45) is 10.5. The second kappa shape index (κ2) is 26.0. The van der Waals surface area contributed by atoms with Crippen LogP contribution in [0, 0.1) is 0 Å². The number of pyridine rings is 1. The van der Waals surface area contributed by atoms with Crippen molar-refractivity contribution < 1.29 is 47.9 Å². The Morgan fingerprint density at radius 3 is 1.80 bits per heavy atom. The van der Waals surface area contributed by atoms with Gasteiger partial charge in [0, 0.05) is 36.6 Å². The number of hydrogen-bond acceptors (Lipinski definition) is 11. The van der Waals surface area contributed by atoms with E-state index >= 15 is 0 Å². The van der Waals surface area contributed by atoms with Crippen LogP contribution < -0.4 is 9.47 Å². The molecule has 3 aromatic rings. The van der Waals surface area contributed by atoms with E-state index in [-0.39, 0.29) is 13.2 Å². The lowest BCUT2D eigenvalue weighted by Crippen LogP contribution is -2.35. The predicted molar refractivity (Wildman–Crippen MR) is 200 cm³/mol. The van der Waals surface area contributed by atoms with Gasteiger partial charge in [-0.05, 0) is 36.3 Å². The molecule has 1 aromatic heterocycles. The monoisotopic (exact) mass is 727 g/mol. The van der Waals surface area contributed by atoms with Crippen LogP contribution in [0.3, 0.4) is 0 Å². The number of anilines is 1. The van der Waals surface area contributed by atoms with Crippen molar-refractivity contribution in [3.63, 3.8) is 0 Å². The van der Waals surface area contributed by atoms with E-state index in [1.807, 2.05) is 0 Å². The highest BCUT2D eigenvalue weighted by Gasteiger charge is 2.23. The lowest BCUT2D eigenvalue weighted by atomic mass is 10.1. The van der Waals surface area contributed by atoms with Gasteiger partial charge in [0.2, 0.25) is 5.52 Å². The van der Waals surface area contributed by atoms with Crippen molar-refractivity contribution in [2.24, 2.45) is 0 Å². The molecule has 0 atom stereocenters. The van der Waals surface area contributed by atoms with Crippen molar-refractivity contribution in [1.29, 1.82) is 0 Å². The molecule has 0 amide bonds. The highest BCUT2D eigenvalue weighted by molar-refractivity contribution is 8.03. The molecule has 0 unspecified atom stereocenters. The van der Waals surface area contributed by atoms with Crippen LogP contribution in [0.2, 0.25) is 0 Å². The number of aryl methyl sites for hydroxylation is 1. The first-order valence-electron chi connectivity index (χ1n) is 17.9. The quantitative estimate of drug-likeness (QED) is 0.0781. The zero-order chi connectivity index (χ0) is 35.6. The summed E-state index contributed by atoms with van der Waals surface area (Å²) in [5, 5.41) is 19.8. The molecule has 0 fully saturated rings. The van der Waals surface area contributed by atoms with Gasteiger partial charge in [-0.1, -0.05) is 48.2 Å². The van der Waals surface area contributed by atoms with Gasteiger partial charge in [0.1, 0.15) is 0 Å². The molecule has 0 spiro atoms. The molecule has 11 nitrogen and oxygen atoms in total. The number of hydrogen-bond donors (Lipinski definition) is 2. The van der Waals surface area contributed by atoms with Crippen molar-refractivity contribution in [2.75, 3.05) is 117 Å². The van der Waals surface area contributed by atoms with Crippen LogP contribution in [-0.4, -0.2) is 122 Å². The third kappa shape index (κ3) is 15.3. The van der Waals surface area contributed by atoms with E-state index in [0.29, 0.717) is 92.5 Å². The number of para-hydroxylation sites is 2. The van der Waals surface area contributed by atoms with Crippen LogP contribution in [0.1, 0.15) is 18.4 Å². The number of ether oxygens (including phenoxy) is 7. The standard InChI is InChI=1S/C39H55N2O9S/c42-18-22-46-26-30-48-28-24-44-20-6-15-40-17-14-34(35-9-1-2-10-36(35)40)8-5-13-39-41(37-11-3-4-12-38(37)51-39)16-7-21-45-25-29-49-32-33-50-31-27-47-23-19-43/h1-5,8-14,17,42-43H,6-7,15-16,18-33H2/q+1. The van der Waals surface area contributed by atoms with Crippen molar-refractivity contribution in [2.45, 2.75) is 24.3 Å². The molecule has 1 aliphatic heterocycles. The summed E-state index contributed by atoms with van der Waals surface area (Å²) >= 11 is 1.80. The van der Waals surface area contributed by atoms with E-state index < -0.39 is 0 Å². The average molecular weight is 728 g/mol. The number of allylic oxidation sites excluding steroid dienone is 2. The Labute approximate surface area is 306 Å². The van der Waals surface area contributed by atoms with E-state index in [1.54, 1.807) is 11.8 Å². The number of fused-ring (bicyclic) bond motifs is 2. The lowest BCUT2D eigenvalue weighted by Gasteiger charge is -2.20. The number of thioether (sulfide) groups is 1. The number of aliphatic hydroxyl groups excluding tert-OH is 2. The van der Waals surface area contributed by atoms with Gasteiger partial charge < -0.3 is 48.3 Å². The molecular weight excluding hydrogens is 673 g/mol. The number of aliphatic hydroxyl groups is 2. The lowest BCUT2D eigenvalue weighted by molar-refractivity contribution is -0.672. The van der Waals surface area contributed by atoms with Gasteiger partial charge in [0.05, 0.1) is 115 Å². The molecule has 0 bridgehead atoms. The molecule has 2 aromatic carbocycles. The van der Waals surface area contributed by atoms with Crippen molar-refractivity contribution >= 4 is 34.4 Å². The van der Waals surface area contributed by atoms with E-state index in [1.165, 1.54) is 32.1 Å². The smallest absolute Gasteiger partial charge is 0.213 e. The van der Waals surface area contributed by atoms with Crippen LogP contribution in [0.4, 0.5) is 5.69 Å². The average Bonchev–Trinajstić information content (AvgIpc) is 3.51. The summed E-state index contributed by atoms with van der Waals surface area (Å²) in [6.45, 7) is 8.95. The van der Waals surface area contributed by atoms with E-state index in [4.69, 9.17) is 43.4 Å². The largest absolute Gasteiger partial charge is 0.394 e. The van der Waals surface area contributed by atoms with E-state index in [0.717, 1.165) is 25.9 Å². The summed E-state index contributed by atoms with van der Waals surface area (Å²) in [6, 6.07) is 19.3.